The van der Waals surface area contributed by atoms with Crippen LogP contribution in [0.5, 0.6) is 0 Å². The van der Waals surface area contributed by atoms with E-state index in [0.717, 1.165) is 12.2 Å². The summed E-state index contributed by atoms with van der Waals surface area (Å²) in [4.78, 5) is 0. The highest BCUT2D eigenvalue weighted by atomic mass is 16.5. The molecule has 0 aromatic carbocycles. The zero-order valence-electron chi connectivity index (χ0n) is 15.6. The Morgan fingerprint density at radius 2 is 0.909 bits per heavy atom. The van der Waals surface area contributed by atoms with Crippen molar-refractivity contribution >= 4 is 0 Å². The van der Waals surface area contributed by atoms with Crippen molar-refractivity contribution in [1.29, 1.82) is 0 Å². The predicted octanol–water partition coefficient (Wildman–Crippen LogP) is 7.80. The first kappa shape index (κ1) is 21.5. The summed E-state index contributed by atoms with van der Waals surface area (Å²) in [5.41, 5.74) is 0. The molecule has 0 fully saturated rings. The lowest BCUT2D eigenvalue weighted by molar-refractivity contribution is 0.276. The molecule has 0 bridgehead atoms. The van der Waals surface area contributed by atoms with Gasteiger partial charge < -0.3 is 4.74 Å². The van der Waals surface area contributed by atoms with Crippen LogP contribution in [-0.4, -0.2) is 7.11 Å². The topological polar surface area (TPSA) is 9.23 Å². The Labute approximate surface area is 140 Å². The first-order chi connectivity index (χ1) is 10.8. The standard InChI is InChI=1S/C21H42O/c1-4-5-6-7-8-9-10-11-12-13-14-15-16-17-18-19-20-21(2)22-3/h2,4-20H2,1,3H3. The first-order valence-electron chi connectivity index (χ1n) is 10.0. The van der Waals surface area contributed by atoms with Crippen LogP contribution >= 0.6 is 0 Å². The van der Waals surface area contributed by atoms with E-state index in [0.29, 0.717) is 0 Å². The molecule has 0 N–H and O–H groups in total. The zero-order chi connectivity index (χ0) is 16.3. The van der Waals surface area contributed by atoms with Gasteiger partial charge in [0, 0.05) is 6.42 Å². The molecular weight excluding hydrogens is 268 g/mol. The number of hydrogen-bond donors (Lipinski definition) is 0. The van der Waals surface area contributed by atoms with Gasteiger partial charge in [-0.15, -0.1) is 0 Å². The summed E-state index contributed by atoms with van der Waals surface area (Å²) in [6.45, 7) is 6.15. The molecule has 132 valence electrons. The van der Waals surface area contributed by atoms with E-state index in [9.17, 15) is 0 Å². The lowest BCUT2D eigenvalue weighted by Gasteiger charge is -2.04. The zero-order valence-corrected chi connectivity index (χ0v) is 15.6. The highest BCUT2D eigenvalue weighted by Crippen LogP contribution is 2.14. The molecule has 1 nitrogen and oxygen atoms in total. The Balaban J connectivity index is 2.98. The smallest absolute Gasteiger partial charge is 0.0883 e. The Hall–Kier alpha value is -0.460. The maximum atomic E-state index is 5.08. The van der Waals surface area contributed by atoms with E-state index in [1.807, 2.05) is 0 Å². The molecule has 0 unspecified atom stereocenters. The second kappa shape index (κ2) is 18.6. The van der Waals surface area contributed by atoms with Gasteiger partial charge in [0.15, 0.2) is 0 Å². The highest BCUT2D eigenvalue weighted by Gasteiger charge is 1.95. The van der Waals surface area contributed by atoms with Gasteiger partial charge in [0.1, 0.15) is 0 Å². The third-order valence-electron chi connectivity index (χ3n) is 4.60. The molecule has 0 saturated heterocycles. The van der Waals surface area contributed by atoms with Crippen molar-refractivity contribution in [2.45, 2.75) is 116 Å². The minimum atomic E-state index is 0.936. The third-order valence-corrected chi connectivity index (χ3v) is 4.60. The van der Waals surface area contributed by atoms with Crippen LogP contribution in [0.3, 0.4) is 0 Å². The third kappa shape index (κ3) is 17.6. The van der Waals surface area contributed by atoms with Crippen molar-refractivity contribution in [3.8, 4) is 0 Å². The molecule has 0 radical (unpaired) electrons. The van der Waals surface area contributed by atoms with Crippen molar-refractivity contribution in [3.05, 3.63) is 12.3 Å². The van der Waals surface area contributed by atoms with Gasteiger partial charge in [0.2, 0.25) is 0 Å². The Morgan fingerprint density at radius 1 is 0.591 bits per heavy atom. The fourth-order valence-corrected chi connectivity index (χ4v) is 2.97. The van der Waals surface area contributed by atoms with Crippen LogP contribution in [-0.2, 0) is 4.74 Å². The van der Waals surface area contributed by atoms with Crippen LogP contribution in [0.2, 0.25) is 0 Å². The van der Waals surface area contributed by atoms with Crippen molar-refractivity contribution in [2.24, 2.45) is 0 Å². The number of methoxy groups -OCH3 is 1. The molecule has 0 aliphatic carbocycles. The molecule has 0 heterocycles. The number of allylic oxidation sites excluding steroid dienone is 1. The molecule has 0 atom stereocenters. The fourth-order valence-electron chi connectivity index (χ4n) is 2.97. The number of rotatable bonds is 18. The van der Waals surface area contributed by atoms with E-state index in [2.05, 4.69) is 13.5 Å². The summed E-state index contributed by atoms with van der Waals surface area (Å²) in [6.07, 6.45) is 23.8. The Morgan fingerprint density at radius 3 is 1.23 bits per heavy atom. The van der Waals surface area contributed by atoms with Crippen LogP contribution in [0.1, 0.15) is 116 Å². The van der Waals surface area contributed by atoms with Crippen LogP contribution in [0.25, 0.3) is 0 Å². The maximum Gasteiger partial charge on any atom is 0.0883 e. The highest BCUT2D eigenvalue weighted by molar-refractivity contribution is 4.80. The SMILES string of the molecule is C=C(CCCCCCCCCCCCCCCCCC)OC. The maximum absolute atomic E-state index is 5.08. The molecule has 22 heavy (non-hydrogen) atoms. The van der Waals surface area contributed by atoms with Gasteiger partial charge >= 0.3 is 0 Å². The quantitative estimate of drug-likeness (QED) is 0.185. The van der Waals surface area contributed by atoms with Crippen molar-refractivity contribution < 1.29 is 4.74 Å². The first-order valence-corrected chi connectivity index (χ1v) is 10.0. The summed E-state index contributed by atoms with van der Waals surface area (Å²) in [6, 6.07) is 0. The number of ether oxygens (including phenoxy) is 1. The summed E-state index contributed by atoms with van der Waals surface area (Å²) in [5, 5.41) is 0. The summed E-state index contributed by atoms with van der Waals surface area (Å²) in [7, 11) is 1.72. The van der Waals surface area contributed by atoms with E-state index in [1.54, 1.807) is 7.11 Å². The molecule has 0 aromatic heterocycles. The molecular formula is C21H42O. The molecule has 0 aromatic rings. The average molecular weight is 311 g/mol. The van der Waals surface area contributed by atoms with Gasteiger partial charge in [0.25, 0.3) is 0 Å². The van der Waals surface area contributed by atoms with Crippen LogP contribution in [0.4, 0.5) is 0 Å². The lowest BCUT2D eigenvalue weighted by Crippen LogP contribution is -1.86. The van der Waals surface area contributed by atoms with Crippen molar-refractivity contribution in [1.82, 2.24) is 0 Å². The summed E-state index contributed by atoms with van der Waals surface area (Å²) >= 11 is 0. The van der Waals surface area contributed by atoms with Crippen LogP contribution < -0.4 is 0 Å². The predicted molar refractivity (Wildman–Crippen MR) is 100 cm³/mol. The second-order valence-corrected chi connectivity index (χ2v) is 6.80. The van der Waals surface area contributed by atoms with E-state index in [4.69, 9.17) is 4.74 Å². The summed E-state index contributed by atoms with van der Waals surface area (Å²) in [5.74, 6) is 0.936. The molecule has 0 spiro atoms. The molecule has 0 rings (SSSR count). The molecule has 1 heteroatoms. The monoisotopic (exact) mass is 310 g/mol. The number of unbranched alkanes of at least 4 members (excludes halogenated alkanes) is 15. The van der Waals surface area contributed by atoms with E-state index >= 15 is 0 Å². The van der Waals surface area contributed by atoms with E-state index < -0.39 is 0 Å². The molecule has 0 aliphatic rings. The van der Waals surface area contributed by atoms with Gasteiger partial charge in [-0.05, 0) is 6.42 Å². The van der Waals surface area contributed by atoms with Crippen LogP contribution in [0, 0.1) is 0 Å². The van der Waals surface area contributed by atoms with E-state index in [1.165, 1.54) is 103 Å². The molecule has 0 aliphatic heterocycles. The summed E-state index contributed by atoms with van der Waals surface area (Å²) < 4.78 is 5.08. The van der Waals surface area contributed by atoms with Gasteiger partial charge in [-0.2, -0.15) is 0 Å². The minimum absolute atomic E-state index is 0.936. The van der Waals surface area contributed by atoms with Gasteiger partial charge in [0.05, 0.1) is 12.9 Å². The van der Waals surface area contributed by atoms with Gasteiger partial charge in [-0.25, -0.2) is 0 Å². The molecule has 0 saturated carbocycles. The average Bonchev–Trinajstić information content (AvgIpc) is 2.54. The normalized spacial score (nSPS) is 10.8. The Kier molecular flexibility index (Phi) is 18.2. The number of hydrogen-bond acceptors (Lipinski definition) is 1. The molecule has 0 amide bonds. The van der Waals surface area contributed by atoms with Crippen molar-refractivity contribution in [2.75, 3.05) is 7.11 Å². The fraction of sp³-hybridized carbons (Fsp3) is 0.905. The van der Waals surface area contributed by atoms with Gasteiger partial charge in [-0.3, -0.25) is 0 Å². The minimum Gasteiger partial charge on any atom is -0.502 e. The van der Waals surface area contributed by atoms with Crippen molar-refractivity contribution in [3.63, 3.8) is 0 Å². The van der Waals surface area contributed by atoms with E-state index in [-0.39, 0.29) is 0 Å². The lowest BCUT2D eigenvalue weighted by atomic mass is 10.0. The van der Waals surface area contributed by atoms with Gasteiger partial charge in [-0.1, -0.05) is 110 Å². The van der Waals surface area contributed by atoms with Crippen LogP contribution in [0.15, 0.2) is 12.3 Å². The second-order valence-electron chi connectivity index (χ2n) is 6.80. The Bertz CT molecular complexity index is 222. The largest absolute Gasteiger partial charge is 0.502 e.